The first-order valence-electron chi connectivity index (χ1n) is 11.3. The molecule has 3 rings (SSSR count). The summed E-state index contributed by atoms with van der Waals surface area (Å²) in [6, 6.07) is 10.1. The van der Waals surface area contributed by atoms with Crippen LogP contribution in [0.1, 0.15) is 63.4 Å². The van der Waals surface area contributed by atoms with Crippen LogP contribution in [0.25, 0.3) is 0 Å². The minimum atomic E-state index is -0.545. The van der Waals surface area contributed by atoms with E-state index in [0.717, 1.165) is 24.3 Å². The smallest absolute Gasteiger partial charge is 0.230 e. The number of hydrogen-bond acceptors (Lipinski definition) is 3. The van der Waals surface area contributed by atoms with Gasteiger partial charge < -0.3 is 15.0 Å². The van der Waals surface area contributed by atoms with Crippen LogP contribution in [0.4, 0.5) is 0 Å². The molecule has 1 heterocycles. The Hall–Kier alpha value is -1.88. The van der Waals surface area contributed by atoms with Crippen LogP contribution in [0.15, 0.2) is 30.3 Å². The van der Waals surface area contributed by atoms with Crippen LogP contribution in [-0.2, 0) is 19.7 Å². The normalized spacial score (nSPS) is 19.3. The molecule has 1 saturated heterocycles. The topological polar surface area (TPSA) is 58.6 Å². The van der Waals surface area contributed by atoms with Gasteiger partial charge in [-0.25, -0.2) is 0 Å². The maximum Gasteiger partial charge on any atom is 0.230 e. The summed E-state index contributed by atoms with van der Waals surface area (Å²) in [7, 11) is 1.67. The Morgan fingerprint density at radius 2 is 1.83 bits per heavy atom. The van der Waals surface area contributed by atoms with Gasteiger partial charge in [-0.05, 0) is 37.2 Å². The summed E-state index contributed by atoms with van der Waals surface area (Å²) in [5.41, 5.74) is 0.513. The van der Waals surface area contributed by atoms with Crippen LogP contribution < -0.4 is 5.32 Å². The van der Waals surface area contributed by atoms with Crippen LogP contribution in [-0.4, -0.2) is 50.1 Å². The molecule has 0 atom stereocenters. The molecule has 2 aliphatic rings. The van der Waals surface area contributed by atoms with Gasteiger partial charge in [-0.3, -0.25) is 9.59 Å². The molecule has 2 amide bonds. The molecule has 0 aromatic heterocycles. The Kier molecular flexibility index (Phi) is 8.10. The maximum absolute atomic E-state index is 13.2. The van der Waals surface area contributed by atoms with Crippen LogP contribution in [0.3, 0.4) is 0 Å². The summed E-state index contributed by atoms with van der Waals surface area (Å²) in [6.45, 7) is 2.57. The van der Waals surface area contributed by atoms with Gasteiger partial charge in [-0.1, -0.05) is 56.0 Å². The van der Waals surface area contributed by atoms with Crippen molar-refractivity contribution >= 4 is 11.8 Å². The molecule has 0 bridgehead atoms. The number of nitrogens with one attached hydrogen (secondary N) is 1. The van der Waals surface area contributed by atoms with Crippen LogP contribution >= 0.6 is 0 Å². The lowest BCUT2D eigenvalue weighted by Crippen LogP contribution is -2.53. The quantitative estimate of drug-likeness (QED) is 0.644. The lowest BCUT2D eigenvalue weighted by atomic mass is 9.72. The molecule has 1 aliphatic carbocycles. The molecule has 5 heteroatoms. The molecule has 0 radical (unpaired) electrons. The number of likely N-dealkylation sites (tertiary alicyclic amines) is 1. The maximum atomic E-state index is 13.2. The van der Waals surface area contributed by atoms with Gasteiger partial charge in [0.1, 0.15) is 0 Å². The Morgan fingerprint density at radius 3 is 2.48 bits per heavy atom. The van der Waals surface area contributed by atoms with E-state index >= 15 is 0 Å². The number of carbonyl (C=O) groups excluding carboxylic acids is 2. The number of benzene rings is 1. The van der Waals surface area contributed by atoms with Crippen molar-refractivity contribution in [3.8, 4) is 0 Å². The van der Waals surface area contributed by atoms with Crippen molar-refractivity contribution in [3.05, 3.63) is 35.9 Å². The zero-order valence-corrected chi connectivity index (χ0v) is 17.8. The summed E-state index contributed by atoms with van der Waals surface area (Å²) >= 11 is 0. The first kappa shape index (κ1) is 21.8. The van der Waals surface area contributed by atoms with Crippen LogP contribution in [0.2, 0.25) is 0 Å². The van der Waals surface area contributed by atoms with Gasteiger partial charge in [-0.2, -0.15) is 0 Å². The molecule has 1 aromatic carbocycles. The van der Waals surface area contributed by atoms with E-state index < -0.39 is 5.41 Å². The standard InChI is InChI=1S/C24H36N2O3/c1-29-19-7-16-25-23(28)24(21-10-3-2-4-11-21)14-17-26(18-15-24)22(27)13-12-20-8-5-6-9-20/h2-4,10-11,20H,5-9,12-19H2,1H3,(H,25,28). The summed E-state index contributed by atoms with van der Waals surface area (Å²) in [5, 5.41) is 3.11. The highest BCUT2D eigenvalue weighted by Gasteiger charge is 2.43. The third-order valence-corrected chi connectivity index (χ3v) is 6.78. The van der Waals surface area contributed by atoms with Crippen molar-refractivity contribution in [2.24, 2.45) is 5.92 Å². The van der Waals surface area contributed by atoms with Gasteiger partial charge in [0.2, 0.25) is 11.8 Å². The minimum absolute atomic E-state index is 0.0813. The third kappa shape index (κ3) is 5.59. The van der Waals surface area contributed by atoms with Crippen LogP contribution in [0, 0.1) is 5.92 Å². The highest BCUT2D eigenvalue weighted by atomic mass is 16.5. The minimum Gasteiger partial charge on any atom is -0.385 e. The van der Waals surface area contributed by atoms with Gasteiger partial charge in [0.25, 0.3) is 0 Å². The molecule has 1 N–H and O–H groups in total. The van der Waals surface area contributed by atoms with Crippen molar-refractivity contribution in [1.29, 1.82) is 0 Å². The Morgan fingerprint density at radius 1 is 1.14 bits per heavy atom. The third-order valence-electron chi connectivity index (χ3n) is 6.78. The first-order chi connectivity index (χ1) is 14.2. The number of amides is 2. The summed E-state index contributed by atoms with van der Waals surface area (Å²) < 4.78 is 5.08. The predicted molar refractivity (Wildman–Crippen MR) is 115 cm³/mol. The van der Waals surface area contributed by atoms with Crippen molar-refractivity contribution in [3.63, 3.8) is 0 Å². The summed E-state index contributed by atoms with van der Waals surface area (Å²) in [4.78, 5) is 27.9. The van der Waals surface area contributed by atoms with Crippen molar-refractivity contribution in [1.82, 2.24) is 10.2 Å². The van der Waals surface area contributed by atoms with E-state index in [4.69, 9.17) is 4.74 Å². The number of methoxy groups -OCH3 is 1. The average molecular weight is 401 g/mol. The lowest BCUT2D eigenvalue weighted by Gasteiger charge is -2.41. The van der Waals surface area contributed by atoms with Crippen molar-refractivity contribution in [2.75, 3.05) is 33.4 Å². The molecule has 5 nitrogen and oxygen atoms in total. The second kappa shape index (κ2) is 10.8. The van der Waals surface area contributed by atoms with Gasteiger partial charge in [-0.15, -0.1) is 0 Å². The van der Waals surface area contributed by atoms with Gasteiger partial charge in [0, 0.05) is 39.8 Å². The molecule has 1 saturated carbocycles. The molecule has 29 heavy (non-hydrogen) atoms. The molecule has 0 unspecified atom stereocenters. The zero-order chi connectivity index (χ0) is 20.5. The molecule has 2 fully saturated rings. The lowest BCUT2D eigenvalue weighted by molar-refractivity contribution is -0.137. The average Bonchev–Trinajstić information content (AvgIpc) is 3.29. The van der Waals surface area contributed by atoms with E-state index in [1.807, 2.05) is 35.2 Å². The van der Waals surface area contributed by atoms with E-state index in [-0.39, 0.29) is 11.8 Å². The van der Waals surface area contributed by atoms with E-state index in [0.29, 0.717) is 45.5 Å². The number of carbonyl (C=O) groups is 2. The van der Waals surface area contributed by atoms with E-state index in [2.05, 4.69) is 5.32 Å². The second-order valence-electron chi connectivity index (χ2n) is 8.62. The van der Waals surface area contributed by atoms with Gasteiger partial charge in [0.05, 0.1) is 5.41 Å². The monoisotopic (exact) mass is 400 g/mol. The zero-order valence-electron chi connectivity index (χ0n) is 17.8. The molecular weight excluding hydrogens is 364 g/mol. The Balaban J connectivity index is 1.60. The Labute approximate surface area is 175 Å². The SMILES string of the molecule is COCCCNC(=O)C1(c2ccccc2)CCN(C(=O)CCC2CCCC2)CC1. The van der Waals surface area contributed by atoms with E-state index in [9.17, 15) is 9.59 Å². The molecule has 160 valence electrons. The number of ether oxygens (including phenoxy) is 1. The molecule has 1 aromatic rings. The van der Waals surface area contributed by atoms with E-state index in [1.165, 1.54) is 25.7 Å². The van der Waals surface area contributed by atoms with Crippen LogP contribution in [0.5, 0.6) is 0 Å². The summed E-state index contributed by atoms with van der Waals surface area (Å²) in [5.74, 6) is 1.09. The highest BCUT2D eigenvalue weighted by molar-refractivity contribution is 5.89. The van der Waals surface area contributed by atoms with Crippen molar-refractivity contribution < 1.29 is 14.3 Å². The predicted octanol–water partition coefficient (Wildman–Crippen LogP) is 3.67. The fourth-order valence-corrected chi connectivity index (χ4v) is 4.91. The number of rotatable bonds is 9. The number of piperidine rings is 1. The largest absolute Gasteiger partial charge is 0.385 e. The first-order valence-corrected chi connectivity index (χ1v) is 11.3. The molecule has 1 aliphatic heterocycles. The fourth-order valence-electron chi connectivity index (χ4n) is 4.91. The molecular formula is C24H36N2O3. The van der Waals surface area contributed by atoms with Gasteiger partial charge >= 0.3 is 0 Å². The Bertz CT molecular complexity index is 647. The highest BCUT2D eigenvalue weighted by Crippen LogP contribution is 2.36. The van der Waals surface area contributed by atoms with Crippen molar-refractivity contribution in [2.45, 2.75) is 63.2 Å². The fraction of sp³-hybridized carbons (Fsp3) is 0.667. The number of hydrogen-bond donors (Lipinski definition) is 1. The van der Waals surface area contributed by atoms with E-state index in [1.54, 1.807) is 7.11 Å². The second-order valence-corrected chi connectivity index (χ2v) is 8.62. The summed E-state index contributed by atoms with van der Waals surface area (Å²) in [6.07, 6.45) is 9.07. The number of nitrogens with zero attached hydrogens (tertiary/aromatic N) is 1. The molecule has 0 spiro atoms. The van der Waals surface area contributed by atoms with Gasteiger partial charge in [0.15, 0.2) is 0 Å².